The zero-order valence-electron chi connectivity index (χ0n) is 9.42. The second-order valence-electron chi connectivity index (χ2n) is 3.92. The fourth-order valence-corrected chi connectivity index (χ4v) is 2.02. The third-order valence-corrected chi connectivity index (χ3v) is 2.84. The maximum absolute atomic E-state index is 11.4. The summed E-state index contributed by atoms with van der Waals surface area (Å²) in [7, 11) is 0. The molecule has 0 aliphatic rings. The van der Waals surface area contributed by atoms with Crippen molar-refractivity contribution in [2.24, 2.45) is 5.73 Å². The fourth-order valence-electron chi connectivity index (χ4n) is 2.02. The third-order valence-electron chi connectivity index (χ3n) is 2.84. The minimum Gasteiger partial charge on any atom is -0.366 e. The number of hydrogen-bond acceptors (Lipinski definition) is 3. The highest BCUT2D eigenvalue weighted by molar-refractivity contribution is 6.03. The van der Waals surface area contributed by atoms with Crippen molar-refractivity contribution in [1.29, 1.82) is 0 Å². The molecule has 3 rings (SSSR count). The van der Waals surface area contributed by atoms with Gasteiger partial charge in [0.2, 0.25) is 5.91 Å². The molecule has 0 saturated carbocycles. The molecule has 1 aromatic heterocycles. The number of carbonyl (C=O) groups is 1. The largest absolute Gasteiger partial charge is 0.366 e. The Hall–Kier alpha value is -2.69. The van der Waals surface area contributed by atoms with Gasteiger partial charge in [0.05, 0.1) is 5.52 Å². The van der Waals surface area contributed by atoms with Crippen LogP contribution in [0, 0.1) is 0 Å². The molecule has 18 heavy (non-hydrogen) atoms. The third kappa shape index (κ3) is 1.53. The van der Waals surface area contributed by atoms with Crippen molar-refractivity contribution in [3.8, 4) is 11.1 Å². The lowest BCUT2D eigenvalue weighted by molar-refractivity contribution is 0.100. The Morgan fingerprint density at radius 1 is 1.06 bits per heavy atom. The van der Waals surface area contributed by atoms with Gasteiger partial charge in [0, 0.05) is 11.1 Å². The van der Waals surface area contributed by atoms with Crippen molar-refractivity contribution in [3.05, 3.63) is 48.0 Å². The van der Waals surface area contributed by atoms with Gasteiger partial charge in [-0.3, -0.25) is 9.89 Å². The van der Waals surface area contributed by atoms with Crippen LogP contribution in [0.4, 0.5) is 0 Å². The molecule has 0 fully saturated rings. The Labute approximate surface area is 103 Å². The van der Waals surface area contributed by atoms with E-state index in [0.717, 1.165) is 22.2 Å². The normalized spacial score (nSPS) is 10.7. The Morgan fingerprint density at radius 2 is 1.83 bits per heavy atom. The number of rotatable bonds is 2. The summed E-state index contributed by atoms with van der Waals surface area (Å²) >= 11 is 0. The lowest BCUT2D eigenvalue weighted by Crippen LogP contribution is -2.12. The van der Waals surface area contributed by atoms with E-state index in [-0.39, 0.29) is 0 Å². The maximum atomic E-state index is 11.4. The van der Waals surface area contributed by atoms with E-state index in [0.29, 0.717) is 5.56 Å². The van der Waals surface area contributed by atoms with Gasteiger partial charge in [-0.1, -0.05) is 35.5 Å². The highest BCUT2D eigenvalue weighted by Gasteiger charge is 2.13. The van der Waals surface area contributed by atoms with Crippen LogP contribution in [0.25, 0.3) is 22.2 Å². The predicted octanol–water partition coefficient (Wildman–Crippen LogP) is 1.72. The van der Waals surface area contributed by atoms with Crippen molar-refractivity contribution < 1.29 is 4.79 Å². The number of hydrogen-bond donors (Lipinski definition) is 2. The van der Waals surface area contributed by atoms with Gasteiger partial charge < -0.3 is 5.73 Å². The topological polar surface area (TPSA) is 84.7 Å². The summed E-state index contributed by atoms with van der Waals surface area (Å²) < 4.78 is 0. The average Bonchev–Trinajstić information content (AvgIpc) is 2.86. The Bertz CT molecular complexity index is 732. The molecule has 0 spiro atoms. The summed E-state index contributed by atoms with van der Waals surface area (Å²) in [5.74, 6) is -0.453. The summed E-state index contributed by atoms with van der Waals surface area (Å²) in [6.45, 7) is 0. The van der Waals surface area contributed by atoms with Crippen molar-refractivity contribution in [2.45, 2.75) is 0 Å². The van der Waals surface area contributed by atoms with E-state index in [1.54, 1.807) is 12.1 Å². The predicted molar refractivity (Wildman–Crippen MR) is 67.8 cm³/mol. The van der Waals surface area contributed by atoms with Crippen molar-refractivity contribution >= 4 is 16.9 Å². The Balaban J connectivity index is 2.33. The summed E-state index contributed by atoms with van der Waals surface area (Å²) in [6, 6.07) is 12.9. The van der Waals surface area contributed by atoms with Gasteiger partial charge in [-0.15, -0.1) is 5.10 Å². The van der Waals surface area contributed by atoms with Gasteiger partial charge >= 0.3 is 0 Å². The lowest BCUT2D eigenvalue weighted by atomic mass is 9.98. The van der Waals surface area contributed by atoms with Gasteiger partial charge in [0.1, 0.15) is 5.52 Å². The molecule has 0 unspecified atom stereocenters. The number of H-pyrrole nitrogens is 1. The quantitative estimate of drug-likeness (QED) is 0.712. The molecule has 0 radical (unpaired) electrons. The number of nitrogens with one attached hydrogen (secondary N) is 1. The van der Waals surface area contributed by atoms with Crippen LogP contribution in [0.5, 0.6) is 0 Å². The molecule has 88 valence electrons. The number of aromatic amines is 1. The first-order valence-electron chi connectivity index (χ1n) is 5.46. The summed E-state index contributed by atoms with van der Waals surface area (Å²) in [5, 5.41) is 10.6. The number of aromatic nitrogens is 3. The van der Waals surface area contributed by atoms with Crippen LogP contribution in [0.15, 0.2) is 42.5 Å². The van der Waals surface area contributed by atoms with Crippen LogP contribution < -0.4 is 5.73 Å². The number of amides is 1. The van der Waals surface area contributed by atoms with Crippen LogP contribution >= 0.6 is 0 Å². The van der Waals surface area contributed by atoms with Gasteiger partial charge in [0.15, 0.2) is 0 Å². The summed E-state index contributed by atoms with van der Waals surface area (Å²) in [6.07, 6.45) is 0. The van der Waals surface area contributed by atoms with E-state index in [1.807, 2.05) is 30.3 Å². The van der Waals surface area contributed by atoms with Gasteiger partial charge in [-0.2, -0.15) is 0 Å². The fraction of sp³-hybridized carbons (Fsp3) is 0. The molecule has 0 atom stereocenters. The zero-order valence-corrected chi connectivity index (χ0v) is 9.42. The SMILES string of the molecule is NC(=O)c1ccccc1-c1cccc2[nH]nnc12. The second kappa shape index (κ2) is 3.96. The molecule has 0 saturated heterocycles. The number of carbonyl (C=O) groups excluding carboxylic acids is 1. The molecule has 3 N–H and O–H groups in total. The molecule has 0 aliphatic carbocycles. The number of nitrogens with two attached hydrogens (primary N) is 1. The Kier molecular flexibility index (Phi) is 2.30. The van der Waals surface area contributed by atoms with E-state index in [2.05, 4.69) is 15.4 Å². The van der Waals surface area contributed by atoms with Crippen molar-refractivity contribution in [1.82, 2.24) is 15.4 Å². The monoisotopic (exact) mass is 238 g/mol. The minimum absolute atomic E-state index is 0.453. The standard InChI is InChI=1S/C13H10N4O/c14-13(18)10-5-2-1-4-8(10)9-6-3-7-11-12(9)16-17-15-11/h1-7H,(H2,14,18)(H,15,16,17). The summed E-state index contributed by atoms with van der Waals surface area (Å²) in [4.78, 5) is 11.4. The number of primary amides is 1. The minimum atomic E-state index is -0.453. The van der Waals surface area contributed by atoms with Crippen LogP contribution in [-0.4, -0.2) is 21.3 Å². The van der Waals surface area contributed by atoms with Crippen LogP contribution in [-0.2, 0) is 0 Å². The molecular formula is C13H10N4O. The molecule has 1 amide bonds. The first-order chi connectivity index (χ1) is 8.77. The van der Waals surface area contributed by atoms with E-state index in [4.69, 9.17) is 5.73 Å². The van der Waals surface area contributed by atoms with Crippen molar-refractivity contribution in [2.75, 3.05) is 0 Å². The van der Waals surface area contributed by atoms with Crippen molar-refractivity contribution in [3.63, 3.8) is 0 Å². The van der Waals surface area contributed by atoms with E-state index >= 15 is 0 Å². The molecule has 0 bridgehead atoms. The molecule has 5 heteroatoms. The highest BCUT2D eigenvalue weighted by Crippen LogP contribution is 2.28. The highest BCUT2D eigenvalue weighted by atomic mass is 16.1. The second-order valence-corrected chi connectivity index (χ2v) is 3.92. The average molecular weight is 238 g/mol. The number of benzene rings is 2. The zero-order chi connectivity index (χ0) is 12.5. The summed E-state index contributed by atoms with van der Waals surface area (Å²) in [5.41, 5.74) is 9.03. The van der Waals surface area contributed by atoms with Gasteiger partial charge in [-0.25, -0.2) is 0 Å². The molecular weight excluding hydrogens is 228 g/mol. The van der Waals surface area contributed by atoms with Crippen LogP contribution in [0.2, 0.25) is 0 Å². The first kappa shape index (κ1) is 10.5. The van der Waals surface area contributed by atoms with Crippen LogP contribution in [0.1, 0.15) is 10.4 Å². The lowest BCUT2D eigenvalue weighted by Gasteiger charge is -2.06. The molecule has 3 aromatic rings. The number of nitrogens with zero attached hydrogens (tertiary/aromatic N) is 2. The van der Waals surface area contributed by atoms with Crippen LogP contribution in [0.3, 0.4) is 0 Å². The van der Waals surface area contributed by atoms with E-state index < -0.39 is 5.91 Å². The molecule has 2 aromatic carbocycles. The van der Waals surface area contributed by atoms with E-state index in [9.17, 15) is 4.79 Å². The smallest absolute Gasteiger partial charge is 0.249 e. The molecule has 0 aliphatic heterocycles. The van der Waals surface area contributed by atoms with E-state index in [1.165, 1.54) is 0 Å². The van der Waals surface area contributed by atoms with Gasteiger partial charge in [0.25, 0.3) is 0 Å². The maximum Gasteiger partial charge on any atom is 0.249 e. The molecule has 1 heterocycles. The van der Waals surface area contributed by atoms with Gasteiger partial charge in [-0.05, 0) is 17.7 Å². The first-order valence-corrected chi connectivity index (χ1v) is 5.46. The molecule has 5 nitrogen and oxygen atoms in total. The Morgan fingerprint density at radius 3 is 2.67 bits per heavy atom. The number of fused-ring (bicyclic) bond motifs is 1.